The highest BCUT2D eigenvalue weighted by molar-refractivity contribution is 7.88. The second-order valence-electron chi connectivity index (χ2n) is 9.98. The van der Waals surface area contributed by atoms with E-state index in [2.05, 4.69) is 5.10 Å². The Balaban J connectivity index is 1.37. The van der Waals surface area contributed by atoms with E-state index in [-0.39, 0.29) is 31.2 Å². The molecule has 13 heteroatoms. The van der Waals surface area contributed by atoms with Crippen LogP contribution in [-0.2, 0) is 15.8 Å². The van der Waals surface area contributed by atoms with Crippen molar-refractivity contribution in [3.05, 3.63) is 74.6 Å². The lowest BCUT2D eigenvalue weighted by Crippen LogP contribution is -2.49. The van der Waals surface area contributed by atoms with E-state index in [1.807, 2.05) is 4.90 Å². The molecule has 208 valence electrons. The molecule has 2 heterocycles. The molecule has 1 aliphatic heterocycles. The highest BCUT2D eigenvalue weighted by Crippen LogP contribution is 2.46. The number of hydrogen-bond acceptors (Lipinski definition) is 7. The molecule has 0 amide bonds. The van der Waals surface area contributed by atoms with E-state index in [1.54, 1.807) is 42.5 Å². The standard InChI is InChI=1S/C26H28Cl2FN5O4S/c27-19-2-1-3-20(13-19)34-25(35)24(38-17-26(16-29)6-7-26)23(14-31-34)32-8-10-33(11-9-32)39(36,37)15-18-4-5-22(30)21(28)12-18/h1-5,12-14H,6-11,15-17,30H2. The van der Waals surface area contributed by atoms with Gasteiger partial charge in [-0.1, -0.05) is 35.3 Å². The number of benzene rings is 2. The van der Waals surface area contributed by atoms with Crippen molar-refractivity contribution in [2.75, 3.05) is 50.1 Å². The second-order valence-corrected chi connectivity index (χ2v) is 12.8. The monoisotopic (exact) mass is 595 g/mol. The summed E-state index contributed by atoms with van der Waals surface area (Å²) in [5, 5.41) is 5.09. The van der Waals surface area contributed by atoms with Crippen molar-refractivity contribution >= 4 is 44.6 Å². The first-order chi connectivity index (χ1) is 18.6. The number of anilines is 2. The summed E-state index contributed by atoms with van der Waals surface area (Å²) in [7, 11) is -3.62. The normalized spacial score (nSPS) is 17.3. The zero-order chi connectivity index (χ0) is 27.8. The molecule has 2 N–H and O–H groups in total. The summed E-state index contributed by atoms with van der Waals surface area (Å²) in [6.07, 6.45) is 2.91. The third kappa shape index (κ3) is 6.01. The van der Waals surface area contributed by atoms with Gasteiger partial charge in [-0.25, -0.2) is 8.42 Å². The predicted molar refractivity (Wildman–Crippen MR) is 150 cm³/mol. The number of nitrogen functional groups attached to an aromatic ring is 1. The first-order valence-electron chi connectivity index (χ1n) is 12.4. The zero-order valence-electron chi connectivity index (χ0n) is 21.0. The van der Waals surface area contributed by atoms with Gasteiger partial charge in [0, 0.05) is 36.6 Å². The Labute approximate surface area is 235 Å². The second kappa shape index (κ2) is 11.0. The first kappa shape index (κ1) is 27.7. The van der Waals surface area contributed by atoms with Gasteiger partial charge in [-0.3, -0.25) is 9.18 Å². The summed E-state index contributed by atoms with van der Waals surface area (Å²) in [5.41, 5.74) is 6.50. The summed E-state index contributed by atoms with van der Waals surface area (Å²) in [4.78, 5) is 15.4. The van der Waals surface area contributed by atoms with Gasteiger partial charge < -0.3 is 15.4 Å². The van der Waals surface area contributed by atoms with E-state index in [0.717, 1.165) is 0 Å². The van der Waals surface area contributed by atoms with Gasteiger partial charge in [0.05, 0.1) is 41.6 Å². The van der Waals surface area contributed by atoms with Crippen molar-refractivity contribution in [2.24, 2.45) is 5.41 Å². The van der Waals surface area contributed by atoms with Gasteiger partial charge in [-0.15, -0.1) is 0 Å². The van der Waals surface area contributed by atoms with Gasteiger partial charge >= 0.3 is 5.56 Å². The number of ether oxygens (including phenoxy) is 1. The lowest BCUT2D eigenvalue weighted by Gasteiger charge is -2.35. The molecule has 0 spiro atoms. The van der Waals surface area contributed by atoms with Crippen LogP contribution in [0.2, 0.25) is 10.0 Å². The Morgan fingerprint density at radius 1 is 1.08 bits per heavy atom. The van der Waals surface area contributed by atoms with E-state index < -0.39 is 27.7 Å². The van der Waals surface area contributed by atoms with Crippen molar-refractivity contribution in [3.8, 4) is 11.4 Å². The average molecular weight is 597 g/mol. The van der Waals surface area contributed by atoms with Crippen LogP contribution in [0.25, 0.3) is 5.69 Å². The number of aromatic nitrogens is 2. The summed E-state index contributed by atoms with van der Waals surface area (Å²) in [6.45, 7) is 0.589. The van der Waals surface area contributed by atoms with Crippen LogP contribution >= 0.6 is 23.2 Å². The molecule has 2 aromatic carbocycles. The number of hydrogen-bond donors (Lipinski definition) is 1. The van der Waals surface area contributed by atoms with Gasteiger partial charge in [-0.05, 0) is 48.7 Å². The molecule has 0 unspecified atom stereocenters. The maximum atomic E-state index is 13.6. The van der Waals surface area contributed by atoms with Crippen molar-refractivity contribution in [1.82, 2.24) is 14.1 Å². The number of alkyl halides is 1. The molecule has 2 fully saturated rings. The molecule has 2 aliphatic rings. The number of nitrogens with two attached hydrogens (primary N) is 1. The zero-order valence-corrected chi connectivity index (χ0v) is 23.4. The summed E-state index contributed by atoms with van der Waals surface area (Å²) in [6, 6.07) is 11.5. The van der Waals surface area contributed by atoms with Crippen LogP contribution in [0.15, 0.2) is 53.5 Å². The van der Waals surface area contributed by atoms with Gasteiger partial charge in [0.1, 0.15) is 5.69 Å². The van der Waals surface area contributed by atoms with E-state index in [0.29, 0.717) is 58.6 Å². The fourth-order valence-electron chi connectivity index (χ4n) is 4.47. The van der Waals surface area contributed by atoms with Gasteiger partial charge in [0.2, 0.25) is 15.8 Å². The highest BCUT2D eigenvalue weighted by atomic mass is 35.5. The molecule has 0 bridgehead atoms. The Bertz CT molecular complexity index is 1540. The average Bonchev–Trinajstić information content (AvgIpc) is 3.70. The van der Waals surface area contributed by atoms with Crippen LogP contribution in [0.4, 0.5) is 15.8 Å². The van der Waals surface area contributed by atoms with Crippen LogP contribution in [0, 0.1) is 5.41 Å². The summed E-state index contributed by atoms with van der Waals surface area (Å²) >= 11 is 12.2. The van der Waals surface area contributed by atoms with Crippen LogP contribution in [0.1, 0.15) is 18.4 Å². The molecule has 3 aromatic rings. The minimum Gasteiger partial charge on any atom is -0.486 e. The quantitative estimate of drug-likeness (QED) is 0.373. The molecule has 39 heavy (non-hydrogen) atoms. The van der Waals surface area contributed by atoms with Crippen molar-refractivity contribution in [1.29, 1.82) is 0 Å². The molecule has 1 saturated carbocycles. The molecule has 1 aliphatic carbocycles. The lowest BCUT2D eigenvalue weighted by atomic mass is 10.1. The number of rotatable bonds is 9. The van der Waals surface area contributed by atoms with E-state index >= 15 is 0 Å². The fourth-order valence-corrected chi connectivity index (χ4v) is 6.36. The Hall–Kier alpha value is -2.86. The molecule has 0 radical (unpaired) electrons. The van der Waals surface area contributed by atoms with Gasteiger partial charge in [-0.2, -0.15) is 14.1 Å². The SMILES string of the molecule is Nc1ccc(CS(=O)(=O)N2CCN(c3cnn(-c4cccc(Cl)c4)c(=O)c3OCC3(CF)CC3)CC2)cc1Cl. The van der Waals surface area contributed by atoms with Gasteiger partial charge in [0.25, 0.3) is 0 Å². The van der Waals surface area contributed by atoms with Crippen LogP contribution in [-0.4, -0.2) is 62.0 Å². The fraction of sp³-hybridized carbons (Fsp3) is 0.385. The van der Waals surface area contributed by atoms with E-state index in [4.69, 9.17) is 33.7 Å². The number of nitrogens with zero attached hydrogens (tertiary/aromatic N) is 4. The molecular weight excluding hydrogens is 568 g/mol. The maximum Gasteiger partial charge on any atom is 0.316 e. The minimum atomic E-state index is -3.62. The number of piperazine rings is 1. The Morgan fingerprint density at radius 3 is 2.46 bits per heavy atom. The number of sulfonamides is 1. The van der Waals surface area contributed by atoms with Crippen LogP contribution < -0.4 is 20.9 Å². The summed E-state index contributed by atoms with van der Waals surface area (Å²) < 4.78 is 48.3. The Kier molecular flexibility index (Phi) is 7.78. The first-order valence-corrected chi connectivity index (χ1v) is 14.8. The van der Waals surface area contributed by atoms with E-state index in [9.17, 15) is 17.6 Å². The van der Waals surface area contributed by atoms with Crippen LogP contribution in [0.5, 0.6) is 5.75 Å². The molecule has 5 rings (SSSR count). The maximum absolute atomic E-state index is 13.6. The molecule has 1 saturated heterocycles. The topological polar surface area (TPSA) is 111 Å². The van der Waals surface area contributed by atoms with Gasteiger partial charge in [0.15, 0.2) is 0 Å². The third-order valence-electron chi connectivity index (χ3n) is 7.12. The van der Waals surface area contributed by atoms with Crippen molar-refractivity contribution < 1.29 is 17.5 Å². The largest absolute Gasteiger partial charge is 0.486 e. The highest BCUT2D eigenvalue weighted by Gasteiger charge is 2.44. The molecule has 1 aromatic heterocycles. The smallest absolute Gasteiger partial charge is 0.316 e. The van der Waals surface area contributed by atoms with Crippen molar-refractivity contribution in [3.63, 3.8) is 0 Å². The van der Waals surface area contributed by atoms with Crippen molar-refractivity contribution in [2.45, 2.75) is 18.6 Å². The number of halogens is 3. The van der Waals surface area contributed by atoms with E-state index in [1.165, 1.54) is 15.2 Å². The lowest BCUT2D eigenvalue weighted by molar-refractivity contribution is 0.197. The molecule has 9 nitrogen and oxygen atoms in total. The summed E-state index contributed by atoms with van der Waals surface area (Å²) in [5.74, 6) is -0.151. The predicted octanol–water partition coefficient (Wildman–Crippen LogP) is 3.90. The molecular formula is C26H28Cl2FN5O4S. The Morgan fingerprint density at radius 2 is 1.82 bits per heavy atom. The third-order valence-corrected chi connectivity index (χ3v) is 9.53. The minimum absolute atomic E-state index is 0.0533. The molecule has 0 atom stereocenters. The van der Waals surface area contributed by atoms with Crippen LogP contribution in [0.3, 0.4) is 0 Å².